The lowest BCUT2D eigenvalue weighted by atomic mass is 10.2. The Balaban J connectivity index is 1.20. The summed E-state index contributed by atoms with van der Waals surface area (Å²) in [6, 6.07) is 13.2. The number of benzene rings is 1. The first-order chi connectivity index (χ1) is 15.6. The highest BCUT2D eigenvalue weighted by atomic mass is 35.5. The zero-order chi connectivity index (χ0) is 21.9. The zero-order valence-corrected chi connectivity index (χ0v) is 18.0. The third-order valence-electron chi connectivity index (χ3n) is 5.22. The fraction of sp³-hybridized carbons (Fsp3) is 0.167. The van der Waals surface area contributed by atoms with Gasteiger partial charge < -0.3 is 15.0 Å². The Morgan fingerprint density at radius 1 is 1.12 bits per heavy atom. The van der Waals surface area contributed by atoms with Crippen molar-refractivity contribution in [1.29, 1.82) is 0 Å². The van der Waals surface area contributed by atoms with Gasteiger partial charge in [-0.2, -0.15) is 0 Å². The fourth-order valence-corrected chi connectivity index (χ4v) is 3.66. The molecule has 1 amide bonds. The van der Waals surface area contributed by atoms with Crippen LogP contribution in [0, 0.1) is 0 Å². The molecule has 1 aliphatic carbocycles. The smallest absolute Gasteiger partial charge is 0.249 e. The summed E-state index contributed by atoms with van der Waals surface area (Å²) in [5, 5.41) is 6.60. The van der Waals surface area contributed by atoms with Crippen LogP contribution in [0.4, 0.5) is 11.6 Å². The number of aromatic nitrogens is 4. The van der Waals surface area contributed by atoms with Gasteiger partial charge in [0, 0.05) is 29.6 Å². The van der Waals surface area contributed by atoms with Crippen LogP contribution < -0.4 is 10.6 Å². The van der Waals surface area contributed by atoms with E-state index in [2.05, 4.69) is 48.3 Å². The lowest BCUT2D eigenvalue weighted by molar-refractivity contribution is -0.111. The van der Waals surface area contributed by atoms with Gasteiger partial charge in [0.2, 0.25) is 5.91 Å². The highest BCUT2D eigenvalue weighted by Crippen LogP contribution is 2.39. The van der Waals surface area contributed by atoms with Gasteiger partial charge in [0.05, 0.1) is 12.2 Å². The van der Waals surface area contributed by atoms with E-state index in [-0.39, 0.29) is 5.91 Å². The topological polar surface area (TPSA) is 84.2 Å². The number of fused-ring (bicyclic) bond motifs is 1. The number of hydrogen-bond donors (Lipinski definition) is 2. The zero-order valence-electron chi connectivity index (χ0n) is 17.2. The van der Waals surface area contributed by atoms with Crippen LogP contribution in [0.25, 0.3) is 11.7 Å². The van der Waals surface area contributed by atoms with Crippen molar-refractivity contribution in [3.8, 4) is 0 Å². The molecule has 4 aromatic rings. The molecular weight excluding hydrogens is 424 g/mol. The molecule has 3 aromatic heterocycles. The Morgan fingerprint density at radius 2 is 2.00 bits per heavy atom. The minimum Gasteiger partial charge on any atom is -0.364 e. The molecule has 0 saturated heterocycles. The van der Waals surface area contributed by atoms with E-state index in [0.717, 1.165) is 16.9 Å². The molecule has 0 aliphatic heterocycles. The molecule has 32 heavy (non-hydrogen) atoms. The van der Waals surface area contributed by atoms with Crippen LogP contribution in [0.5, 0.6) is 0 Å². The van der Waals surface area contributed by atoms with Crippen molar-refractivity contribution < 1.29 is 4.79 Å². The molecule has 7 nitrogen and oxygen atoms in total. The number of rotatable bonds is 7. The summed E-state index contributed by atoms with van der Waals surface area (Å²) in [4.78, 5) is 25.2. The van der Waals surface area contributed by atoms with E-state index in [1.807, 2.05) is 18.3 Å². The number of carbonyl (C=O) groups excluding carboxylic acids is 1. The summed E-state index contributed by atoms with van der Waals surface area (Å²) < 4.78 is 2.07. The lowest BCUT2D eigenvalue weighted by Gasteiger charge is -2.06. The van der Waals surface area contributed by atoms with E-state index in [0.29, 0.717) is 29.1 Å². The van der Waals surface area contributed by atoms with Crippen LogP contribution >= 0.6 is 11.6 Å². The number of carbonyl (C=O) groups is 1. The molecule has 0 atom stereocenters. The standard InChI is InChI=1S/C24H21ClN6O/c25-19-3-1-2-16(10-19)4-9-24(32)30-22-11-21(27-15-28-22)26-12-20-14-31-13-18(17-5-6-17)7-8-23(31)29-20/h1-4,7-11,13-15,17H,5-6,12H2,(H2,26,27,28,30,32)/b9-4+. The summed E-state index contributed by atoms with van der Waals surface area (Å²) in [6.07, 6.45) is 11.3. The third-order valence-corrected chi connectivity index (χ3v) is 5.45. The maximum Gasteiger partial charge on any atom is 0.249 e. The number of nitrogens with one attached hydrogen (secondary N) is 2. The summed E-state index contributed by atoms with van der Waals surface area (Å²) in [7, 11) is 0. The Morgan fingerprint density at radius 3 is 2.84 bits per heavy atom. The minimum atomic E-state index is -0.290. The van der Waals surface area contributed by atoms with E-state index in [1.54, 1.807) is 24.3 Å². The molecule has 0 bridgehead atoms. The minimum absolute atomic E-state index is 0.290. The van der Waals surface area contributed by atoms with E-state index in [1.165, 1.54) is 30.8 Å². The summed E-state index contributed by atoms with van der Waals surface area (Å²) in [5.41, 5.74) is 4.05. The second-order valence-corrected chi connectivity index (χ2v) is 8.19. The maximum atomic E-state index is 12.2. The van der Waals surface area contributed by atoms with Gasteiger partial charge in [0.25, 0.3) is 0 Å². The molecule has 8 heteroatoms. The number of hydrogen-bond acceptors (Lipinski definition) is 5. The van der Waals surface area contributed by atoms with Gasteiger partial charge in [-0.25, -0.2) is 15.0 Å². The van der Waals surface area contributed by atoms with Crippen molar-refractivity contribution in [2.24, 2.45) is 0 Å². The summed E-state index contributed by atoms with van der Waals surface area (Å²) in [6.45, 7) is 0.513. The van der Waals surface area contributed by atoms with Crippen LogP contribution in [-0.4, -0.2) is 25.3 Å². The van der Waals surface area contributed by atoms with Crippen LogP contribution in [0.2, 0.25) is 5.02 Å². The maximum absolute atomic E-state index is 12.2. The molecule has 0 unspecified atom stereocenters. The third kappa shape index (κ3) is 4.95. The predicted octanol–water partition coefficient (Wildman–Crippen LogP) is 4.92. The van der Waals surface area contributed by atoms with Crippen molar-refractivity contribution >= 4 is 40.9 Å². The molecule has 1 fully saturated rings. The van der Waals surface area contributed by atoms with Crippen LogP contribution in [0.3, 0.4) is 0 Å². The summed E-state index contributed by atoms with van der Waals surface area (Å²) in [5.74, 6) is 1.43. The van der Waals surface area contributed by atoms with Gasteiger partial charge in [0.15, 0.2) is 0 Å². The van der Waals surface area contributed by atoms with Crippen molar-refractivity contribution in [3.05, 3.63) is 89.1 Å². The monoisotopic (exact) mass is 444 g/mol. The average Bonchev–Trinajstić information content (AvgIpc) is 3.56. The number of imidazole rings is 1. The average molecular weight is 445 g/mol. The van der Waals surface area contributed by atoms with Crippen LogP contribution in [-0.2, 0) is 11.3 Å². The second kappa shape index (κ2) is 8.80. The van der Waals surface area contributed by atoms with Gasteiger partial charge in [0.1, 0.15) is 23.6 Å². The van der Waals surface area contributed by atoms with Crippen molar-refractivity contribution in [3.63, 3.8) is 0 Å². The number of amides is 1. The predicted molar refractivity (Wildman–Crippen MR) is 126 cm³/mol. The molecule has 1 aromatic carbocycles. The highest BCUT2D eigenvalue weighted by molar-refractivity contribution is 6.30. The molecule has 0 spiro atoms. The van der Waals surface area contributed by atoms with Crippen molar-refractivity contribution in [2.75, 3.05) is 10.6 Å². The van der Waals surface area contributed by atoms with E-state index >= 15 is 0 Å². The number of halogens is 1. The second-order valence-electron chi connectivity index (χ2n) is 7.75. The quantitative estimate of drug-likeness (QED) is 0.395. The molecule has 0 radical (unpaired) electrons. The van der Waals surface area contributed by atoms with Crippen LogP contribution in [0.15, 0.2) is 67.3 Å². The molecule has 1 saturated carbocycles. The fourth-order valence-electron chi connectivity index (χ4n) is 3.46. The molecule has 3 heterocycles. The van der Waals surface area contributed by atoms with Gasteiger partial charge >= 0.3 is 0 Å². The Labute approximate surface area is 190 Å². The van der Waals surface area contributed by atoms with Crippen molar-refractivity contribution in [2.45, 2.75) is 25.3 Å². The van der Waals surface area contributed by atoms with Crippen molar-refractivity contribution in [1.82, 2.24) is 19.4 Å². The molecule has 2 N–H and O–H groups in total. The summed E-state index contributed by atoms with van der Waals surface area (Å²) >= 11 is 5.96. The first-order valence-electron chi connectivity index (χ1n) is 10.4. The highest BCUT2D eigenvalue weighted by Gasteiger charge is 2.23. The number of anilines is 2. The number of nitrogens with zero attached hydrogens (tertiary/aromatic N) is 4. The Kier molecular flexibility index (Phi) is 5.56. The van der Waals surface area contributed by atoms with Crippen LogP contribution in [0.1, 0.15) is 35.6 Å². The Hall–Kier alpha value is -3.71. The van der Waals surface area contributed by atoms with E-state index in [4.69, 9.17) is 11.6 Å². The SMILES string of the molecule is O=C(/C=C/c1cccc(Cl)c1)Nc1cc(NCc2cn3cc(C4CC4)ccc3n2)ncn1. The first kappa shape index (κ1) is 20.2. The molecular formula is C24H21ClN6O. The largest absolute Gasteiger partial charge is 0.364 e. The Bertz CT molecular complexity index is 1310. The molecule has 160 valence electrons. The normalized spacial score (nSPS) is 13.5. The lowest BCUT2D eigenvalue weighted by Crippen LogP contribution is -2.10. The number of pyridine rings is 1. The first-order valence-corrected chi connectivity index (χ1v) is 10.8. The van der Waals surface area contributed by atoms with Gasteiger partial charge in [-0.1, -0.05) is 29.8 Å². The molecule has 5 rings (SSSR count). The van der Waals surface area contributed by atoms with Gasteiger partial charge in [-0.05, 0) is 54.2 Å². The molecule has 1 aliphatic rings. The van der Waals surface area contributed by atoms with E-state index < -0.39 is 0 Å². The van der Waals surface area contributed by atoms with Gasteiger partial charge in [-0.15, -0.1) is 0 Å². The van der Waals surface area contributed by atoms with Gasteiger partial charge in [-0.3, -0.25) is 4.79 Å². The van der Waals surface area contributed by atoms with E-state index in [9.17, 15) is 4.79 Å².